The summed E-state index contributed by atoms with van der Waals surface area (Å²) in [5.74, 6) is 0.853. The van der Waals surface area contributed by atoms with E-state index < -0.39 is 0 Å². The second-order valence-electron chi connectivity index (χ2n) is 6.81. The first kappa shape index (κ1) is 16.3. The van der Waals surface area contributed by atoms with E-state index >= 15 is 0 Å². The van der Waals surface area contributed by atoms with Gasteiger partial charge in [-0.3, -0.25) is 4.90 Å². The van der Waals surface area contributed by atoms with Crippen molar-refractivity contribution in [3.63, 3.8) is 0 Å². The molecule has 118 valence electrons. The lowest BCUT2D eigenvalue weighted by Gasteiger charge is -2.36. The lowest BCUT2D eigenvalue weighted by molar-refractivity contribution is 0.149. The molecule has 0 aromatic heterocycles. The third-order valence-corrected chi connectivity index (χ3v) is 5.12. The van der Waals surface area contributed by atoms with Gasteiger partial charge in [0.15, 0.2) is 0 Å². The van der Waals surface area contributed by atoms with Gasteiger partial charge in [0.25, 0.3) is 0 Å². The van der Waals surface area contributed by atoms with E-state index in [1.165, 1.54) is 64.8 Å². The molecule has 1 N–H and O–H groups in total. The van der Waals surface area contributed by atoms with Gasteiger partial charge in [0, 0.05) is 31.7 Å². The van der Waals surface area contributed by atoms with E-state index in [1.807, 2.05) is 0 Å². The van der Waals surface area contributed by atoms with Crippen molar-refractivity contribution in [2.45, 2.75) is 65.0 Å². The van der Waals surface area contributed by atoms with E-state index in [4.69, 9.17) is 0 Å². The van der Waals surface area contributed by atoms with E-state index in [0.717, 1.165) is 18.5 Å². The van der Waals surface area contributed by atoms with Crippen LogP contribution in [0.3, 0.4) is 0 Å². The molecule has 1 heterocycles. The maximum Gasteiger partial charge on any atom is 0.0110 e. The fourth-order valence-electron chi connectivity index (χ4n) is 3.66. The second kappa shape index (κ2) is 8.35. The van der Waals surface area contributed by atoms with Crippen LogP contribution < -0.4 is 5.32 Å². The van der Waals surface area contributed by atoms with Crippen molar-refractivity contribution in [2.75, 3.05) is 39.3 Å². The van der Waals surface area contributed by atoms with Crippen LogP contribution in [0, 0.1) is 5.92 Å². The molecule has 1 aliphatic heterocycles. The smallest absolute Gasteiger partial charge is 0.0110 e. The highest BCUT2D eigenvalue weighted by Crippen LogP contribution is 2.26. The molecule has 0 bridgehead atoms. The highest BCUT2D eigenvalue weighted by atomic mass is 15.2. The summed E-state index contributed by atoms with van der Waals surface area (Å²) < 4.78 is 0. The van der Waals surface area contributed by atoms with Crippen LogP contribution in [0.2, 0.25) is 0 Å². The van der Waals surface area contributed by atoms with Gasteiger partial charge in [0.05, 0.1) is 0 Å². The lowest BCUT2D eigenvalue weighted by Crippen LogP contribution is -2.46. The molecule has 1 saturated carbocycles. The summed E-state index contributed by atoms with van der Waals surface area (Å²) in [4.78, 5) is 5.30. The van der Waals surface area contributed by atoms with Crippen molar-refractivity contribution >= 4 is 0 Å². The Morgan fingerprint density at radius 3 is 2.70 bits per heavy atom. The maximum absolute atomic E-state index is 3.79. The molecule has 3 nitrogen and oxygen atoms in total. The SMILES string of the molecule is CCCN1CCCC(C(C)NCCN(CC)C2CC2)C1. The van der Waals surface area contributed by atoms with Crippen molar-refractivity contribution < 1.29 is 0 Å². The zero-order valence-electron chi connectivity index (χ0n) is 13.9. The molecule has 0 amide bonds. The van der Waals surface area contributed by atoms with Crippen LogP contribution in [0.5, 0.6) is 0 Å². The molecule has 2 aliphatic rings. The zero-order valence-corrected chi connectivity index (χ0v) is 13.9. The Morgan fingerprint density at radius 2 is 2.05 bits per heavy atom. The molecule has 0 spiro atoms. The first-order valence-corrected chi connectivity index (χ1v) is 8.94. The summed E-state index contributed by atoms with van der Waals surface area (Å²) in [6.07, 6.45) is 6.95. The quantitative estimate of drug-likeness (QED) is 0.701. The van der Waals surface area contributed by atoms with Gasteiger partial charge < -0.3 is 10.2 Å². The molecule has 1 aliphatic carbocycles. The molecule has 0 radical (unpaired) electrons. The summed E-state index contributed by atoms with van der Waals surface area (Å²) in [5, 5.41) is 3.79. The monoisotopic (exact) mass is 281 g/mol. The number of piperidine rings is 1. The largest absolute Gasteiger partial charge is 0.313 e. The topological polar surface area (TPSA) is 18.5 Å². The highest BCUT2D eigenvalue weighted by molar-refractivity contribution is 4.85. The van der Waals surface area contributed by atoms with Crippen LogP contribution in [-0.2, 0) is 0 Å². The van der Waals surface area contributed by atoms with E-state index in [9.17, 15) is 0 Å². The number of likely N-dealkylation sites (tertiary alicyclic amines) is 1. The standard InChI is InChI=1S/C17H35N3/c1-4-11-19-12-6-7-16(14-19)15(3)18-10-13-20(5-2)17-8-9-17/h15-18H,4-14H2,1-3H3. The van der Waals surface area contributed by atoms with E-state index in [0.29, 0.717) is 6.04 Å². The van der Waals surface area contributed by atoms with Crippen LogP contribution in [0.1, 0.15) is 52.9 Å². The summed E-state index contributed by atoms with van der Waals surface area (Å²) in [5.41, 5.74) is 0. The summed E-state index contributed by atoms with van der Waals surface area (Å²) >= 11 is 0. The van der Waals surface area contributed by atoms with Crippen LogP contribution in [-0.4, -0.2) is 61.2 Å². The average Bonchev–Trinajstić information content (AvgIpc) is 3.29. The van der Waals surface area contributed by atoms with Gasteiger partial charge in [-0.25, -0.2) is 0 Å². The van der Waals surface area contributed by atoms with Crippen molar-refractivity contribution in [1.29, 1.82) is 0 Å². The van der Waals surface area contributed by atoms with Gasteiger partial charge in [-0.05, 0) is 64.6 Å². The van der Waals surface area contributed by atoms with E-state index in [1.54, 1.807) is 0 Å². The fraction of sp³-hybridized carbons (Fsp3) is 1.00. The summed E-state index contributed by atoms with van der Waals surface area (Å²) in [6.45, 7) is 14.5. The predicted octanol–water partition coefficient (Wildman–Crippen LogP) is 2.57. The van der Waals surface area contributed by atoms with Crippen LogP contribution >= 0.6 is 0 Å². The Kier molecular flexibility index (Phi) is 6.79. The molecular weight excluding hydrogens is 246 g/mol. The van der Waals surface area contributed by atoms with Gasteiger partial charge in [0.2, 0.25) is 0 Å². The molecular formula is C17H35N3. The van der Waals surface area contributed by atoms with Crippen molar-refractivity contribution in [2.24, 2.45) is 5.92 Å². The average molecular weight is 281 g/mol. The van der Waals surface area contributed by atoms with Crippen molar-refractivity contribution in [3.05, 3.63) is 0 Å². The van der Waals surface area contributed by atoms with Gasteiger partial charge in [-0.2, -0.15) is 0 Å². The minimum atomic E-state index is 0.674. The van der Waals surface area contributed by atoms with Crippen LogP contribution in [0.15, 0.2) is 0 Å². The lowest BCUT2D eigenvalue weighted by atomic mass is 9.91. The van der Waals surface area contributed by atoms with Gasteiger partial charge >= 0.3 is 0 Å². The van der Waals surface area contributed by atoms with Gasteiger partial charge in [-0.15, -0.1) is 0 Å². The zero-order chi connectivity index (χ0) is 14.4. The number of nitrogens with one attached hydrogen (secondary N) is 1. The molecule has 2 unspecified atom stereocenters. The Balaban J connectivity index is 1.64. The first-order valence-electron chi connectivity index (χ1n) is 8.94. The Morgan fingerprint density at radius 1 is 1.25 bits per heavy atom. The maximum atomic E-state index is 3.79. The van der Waals surface area contributed by atoms with Crippen LogP contribution in [0.25, 0.3) is 0 Å². The number of rotatable bonds is 9. The number of hydrogen-bond donors (Lipinski definition) is 1. The normalized spacial score (nSPS) is 26.1. The summed E-state index contributed by atoms with van der Waals surface area (Å²) in [7, 11) is 0. The number of nitrogens with zero attached hydrogens (tertiary/aromatic N) is 2. The van der Waals surface area contributed by atoms with Crippen molar-refractivity contribution in [3.8, 4) is 0 Å². The molecule has 1 saturated heterocycles. The molecule has 20 heavy (non-hydrogen) atoms. The minimum Gasteiger partial charge on any atom is -0.313 e. The van der Waals surface area contributed by atoms with Crippen molar-refractivity contribution in [1.82, 2.24) is 15.1 Å². The van der Waals surface area contributed by atoms with E-state index in [2.05, 4.69) is 35.9 Å². The third kappa shape index (κ3) is 5.01. The second-order valence-corrected chi connectivity index (χ2v) is 6.81. The van der Waals surface area contributed by atoms with E-state index in [-0.39, 0.29) is 0 Å². The highest BCUT2D eigenvalue weighted by Gasteiger charge is 2.28. The Labute approximate surface area is 126 Å². The predicted molar refractivity (Wildman–Crippen MR) is 87.2 cm³/mol. The molecule has 0 aromatic rings. The minimum absolute atomic E-state index is 0.674. The Bertz CT molecular complexity index is 263. The summed E-state index contributed by atoms with van der Waals surface area (Å²) in [6, 6.07) is 1.58. The number of likely N-dealkylation sites (N-methyl/N-ethyl adjacent to an activating group) is 1. The first-order chi connectivity index (χ1) is 9.74. The number of hydrogen-bond acceptors (Lipinski definition) is 3. The molecule has 0 aromatic carbocycles. The fourth-order valence-corrected chi connectivity index (χ4v) is 3.66. The van der Waals surface area contributed by atoms with Gasteiger partial charge in [0.1, 0.15) is 0 Å². The molecule has 2 fully saturated rings. The molecule has 3 heteroatoms. The molecule has 2 rings (SSSR count). The van der Waals surface area contributed by atoms with Crippen LogP contribution in [0.4, 0.5) is 0 Å². The van der Waals surface area contributed by atoms with Gasteiger partial charge in [-0.1, -0.05) is 13.8 Å². The third-order valence-electron chi connectivity index (χ3n) is 5.12. The molecule has 2 atom stereocenters. The Hall–Kier alpha value is -0.120.